The first-order valence-electron chi connectivity index (χ1n) is 7.74. The summed E-state index contributed by atoms with van der Waals surface area (Å²) < 4.78 is 0. The first-order chi connectivity index (χ1) is 10.4. The summed E-state index contributed by atoms with van der Waals surface area (Å²) in [5.74, 6) is 0.150. The number of nitrogens with one attached hydrogen (secondary N) is 1. The van der Waals surface area contributed by atoms with Crippen LogP contribution >= 0.6 is 11.6 Å². The maximum Gasteiger partial charge on any atom is 0.227 e. The van der Waals surface area contributed by atoms with Crippen molar-refractivity contribution in [3.63, 3.8) is 0 Å². The predicted molar refractivity (Wildman–Crippen MR) is 89.0 cm³/mol. The van der Waals surface area contributed by atoms with Gasteiger partial charge in [0, 0.05) is 35.6 Å². The van der Waals surface area contributed by atoms with Crippen LogP contribution in [0.5, 0.6) is 0 Å². The van der Waals surface area contributed by atoms with E-state index < -0.39 is 0 Å². The molecule has 2 rings (SSSR count). The number of likely N-dealkylation sites (tertiary alicyclic amines) is 1. The van der Waals surface area contributed by atoms with Crippen molar-refractivity contribution in [1.29, 1.82) is 0 Å². The number of halogens is 1. The molecule has 0 radical (unpaired) electrons. The standard InChI is InChI=1S/C17H23ClN2O2/c1-11(2)17(22)20-8-6-13(7-9-20)16(21)19-14-5-4-12(3)15(18)10-14/h4-5,10-11,13H,6-9H2,1-3H3,(H,19,21). The Bertz CT molecular complexity index is 564. The lowest BCUT2D eigenvalue weighted by Crippen LogP contribution is -2.43. The molecule has 0 spiro atoms. The summed E-state index contributed by atoms with van der Waals surface area (Å²) in [6.45, 7) is 7.05. The van der Waals surface area contributed by atoms with E-state index in [1.807, 2.05) is 37.8 Å². The quantitative estimate of drug-likeness (QED) is 0.926. The molecule has 1 aromatic rings. The summed E-state index contributed by atoms with van der Waals surface area (Å²) >= 11 is 6.07. The molecule has 5 heteroatoms. The lowest BCUT2D eigenvalue weighted by atomic mass is 9.95. The Morgan fingerprint density at radius 2 is 1.91 bits per heavy atom. The Hall–Kier alpha value is -1.55. The second-order valence-corrected chi connectivity index (χ2v) is 6.61. The van der Waals surface area contributed by atoms with Gasteiger partial charge in [-0.25, -0.2) is 0 Å². The van der Waals surface area contributed by atoms with Crippen LogP contribution in [0.2, 0.25) is 5.02 Å². The number of carbonyl (C=O) groups is 2. The molecule has 4 nitrogen and oxygen atoms in total. The largest absolute Gasteiger partial charge is 0.342 e. The fourth-order valence-corrected chi connectivity index (χ4v) is 2.82. The average molecular weight is 323 g/mol. The molecule has 1 aliphatic heterocycles. The normalized spacial score (nSPS) is 16.0. The van der Waals surface area contributed by atoms with Crippen LogP contribution in [-0.2, 0) is 9.59 Å². The second kappa shape index (κ2) is 7.14. The molecular formula is C17H23ClN2O2. The predicted octanol–water partition coefficient (Wildman–Crippen LogP) is 3.48. The number of hydrogen-bond donors (Lipinski definition) is 1. The van der Waals surface area contributed by atoms with Gasteiger partial charge in [-0.3, -0.25) is 9.59 Å². The molecule has 0 aliphatic carbocycles. The van der Waals surface area contributed by atoms with Crippen LogP contribution in [0.15, 0.2) is 18.2 Å². The van der Waals surface area contributed by atoms with Crippen LogP contribution in [0, 0.1) is 18.8 Å². The molecule has 1 fully saturated rings. The van der Waals surface area contributed by atoms with E-state index in [1.165, 1.54) is 0 Å². The smallest absolute Gasteiger partial charge is 0.227 e. The summed E-state index contributed by atoms with van der Waals surface area (Å²) in [4.78, 5) is 26.1. The van der Waals surface area contributed by atoms with Crippen LogP contribution in [0.1, 0.15) is 32.3 Å². The van der Waals surface area contributed by atoms with Gasteiger partial charge in [0.2, 0.25) is 11.8 Å². The minimum atomic E-state index is -0.0451. The lowest BCUT2D eigenvalue weighted by molar-refractivity contribution is -0.137. The molecular weight excluding hydrogens is 300 g/mol. The van der Waals surface area contributed by atoms with E-state index in [2.05, 4.69) is 5.32 Å². The summed E-state index contributed by atoms with van der Waals surface area (Å²) in [5.41, 5.74) is 1.71. The Balaban J connectivity index is 1.89. The highest BCUT2D eigenvalue weighted by molar-refractivity contribution is 6.31. The second-order valence-electron chi connectivity index (χ2n) is 6.21. The van der Waals surface area contributed by atoms with Crippen LogP contribution in [-0.4, -0.2) is 29.8 Å². The first kappa shape index (κ1) is 16.8. The number of carbonyl (C=O) groups excluding carboxylic acids is 2. The van der Waals surface area contributed by atoms with Crippen molar-refractivity contribution < 1.29 is 9.59 Å². The first-order valence-corrected chi connectivity index (χ1v) is 8.12. The van der Waals surface area contributed by atoms with Gasteiger partial charge in [-0.2, -0.15) is 0 Å². The number of piperidine rings is 1. The van der Waals surface area contributed by atoms with Gasteiger partial charge in [-0.1, -0.05) is 31.5 Å². The zero-order chi connectivity index (χ0) is 16.3. The third-order valence-corrected chi connectivity index (χ3v) is 4.52. The van der Waals surface area contributed by atoms with E-state index in [-0.39, 0.29) is 23.7 Å². The van der Waals surface area contributed by atoms with E-state index >= 15 is 0 Å². The van der Waals surface area contributed by atoms with Crippen LogP contribution in [0.3, 0.4) is 0 Å². The molecule has 0 aromatic heterocycles. The Kier molecular flexibility index (Phi) is 5.46. The molecule has 0 bridgehead atoms. The van der Waals surface area contributed by atoms with Crippen LogP contribution in [0.4, 0.5) is 5.69 Å². The summed E-state index contributed by atoms with van der Waals surface area (Å²) in [7, 11) is 0. The van der Waals surface area contributed by atoms with Crippen molar-refractivity contribution >= 4 is 29.1 Å². The summed E-state index contributed by atoms with van der Waals surface area (Å²) in [6, 6.07) is 5.52. The fraction of sp³-hybridized carbons (Fsp3) is 0.529. The van der Waals surface area contributed by atoms with Gasteiger partial charge in [0.1, 0.15) is 0 Å². The minimum Gasteiger partial charge on any atom is -0.342 e. The number of nitrogens with zero attached hydrogens (tertiary/aromatic N) is 1. The Labute approximate surface area is 136 Å². The van der Waals surface area contributed by atoms with Gasteiger partial charge < -0.3 is 10.2 Å². The molecule has 1 aliphatic rings. The van der Waals surface area contributed by atoms with Crippen LogP contribution < -0.4 is 5.32 Å². The average Bonchev–Trinajstić information content (AvgIpc) is 2.50. The third kappa shape index (κ3) is 4.01. The summed E-state index contributed by atoms with van der Waals surface area (Å²) in [6.07, 6.45) is 1.42. The van der Waals surface area contributed by atoms with Crippen molar-refractivity contribution in [2.75, 3.05) is 18.4 Å². The molecule has 1 aromatic carbocycles. The fourth-order valence-electron chi connectivity index (χ4n) is 2.64. The Morgan fingerprint density at radius 1 is 1.27 bits per heavy atom. The number of hydrogen-bond acceptors (Lipinski definition) is 2. The highest BCUT2D eigenvalue weighted by Gasteiger charge is 2.28. The number of amides is 2. The van der Waals surface area contributed by atoms with E-state index in [1.54, 1.807) is 6.07 Å². The number of anilines is 1. The topological polar surface area (TPSA) is 49.4 Å². The number of aryl methyl sites for hydroxylation is 1. The van der Waals surface area contributed by atoms with Gasteiger partial charge in [0.05, 0.1) is 0 Å². The molecule has 0 unspecified atom stereocenters. The van der Waals surface area contributed by atoms with Gasteiger partial charge >= 0.3 is 0 Å². The molecule has 22 heavy (non-hydrogen) atoms. The number of rotatable bonds is 3. The zero-order valence-corrected chi connectivity index (χ0v) is 14.1. The van der Waals surface area contributed by atoms with E-state index in [0.29, 0.717) is 31.0 Å². The highest BCUT2D eigenvalue weighted by Crippen LogP contribution is 2.23. The SMILES string of the molecule is Cc1ccc(NC(=O)C2CCN(C(=O)C(C)C)CC2)cc1Cl. The molecule has 2 amide bonds. The molecule has 0 atom stereocenters. The molecule has 120 valence electrons. The third-order valence-electron chi connectivity index (χ3n) is 4.11. The molecule has 1 heterocycles. The van der Waals surface area contributed by atoms with E-state index in [9.17, 15) is 9.59 Å². The zero-order valence-electron chi connectivity index (χ0n) is 13.4. The minimum absolute atomic E-state index is 0.0107. The van der Waals surface area contributed by atoms with Crippen molar-refractivity contribution in [1.82, 2.24) is 4.90 Å². The lowest BCUT2D eigenvalue weighted by Gasteiger charge is -2.32. The maximum absolute atomic E-state index is 12.3. The highest BCUT2D eigenvalue weighted by atomic mass is 35.5. The van der Waals surface area contributed by atoms with Crippen molar-refractivity contribution in [3.8, 4) is 0 Å². The number of benzene rings is 1. The van der Waals surface area contributed by atoms with Crippen LogP contribution in [0.25, 0.3) is 0 Å². The van der Waals surface area contributed by atoms with Gasteiger partial charge in [-0.15, -0.1) is 0 Å². The monoisotopic (exact) mass is 322 g/mol. The molecule has 1 saturated heterocycles. The van der Waals surface area contributed by atoms with Gasteiger partial charge in [0.25, 0.3) is 0 Å². The van der Waals surface area contributed by atoms with E-state index in [4.69, 9.17) is 11.6 Å². The maximum atomic E-state index is 12.3. The Morgan fingerprint density at radius 3 is 2.45 bits per heavy atom. The van der Waals surface area contributed by atoms with Crippen molar-refractivity contribution in [2.24, 2.45) is 11.8 Å². The molecule has 0 saturated carbocycles. The van der Waals surface area contributed by atoms with Crippen molar-refractivity contribution in [3.05, 3.63) is 28.8 Å². The molecule has 1 N–H and O–H groups in total. The van der Waals surface area contributed by atoms with Gasteiger partial charge in [0.15, 0.2) is 0 Å². The van der Waals surface area contributed by atoms with E-state index in [0.717, 1.165) is 11.3 Å². The summed E-state index contributed by atoms with van der Waals surface area (Å²) in [5, 5.41) is 3.57. The van der Waals surface area contributed by atoms with Crippen molar-refractivity contribution in [2.45, 2.75) is 33.6 Å². The van der Waals surface area contributed by atoms with Gasteiger partial charge in [-0.05, 0) is 37.5 Å².